The first-order valence-corrected chi connectivity index (χ1v) is 17.8. The normalized spacial score (nSPS) is 13.0. The average molecular weight is 570 g/mol. The summed E-state index contributed by atoms with van der Waals surface area (Å²) in [6, 6.07) is 0. The van der Waals surface area contributed by atoms with Gasteiger partial charge in [-0.2, -0.15) is 0 Å². The molecule has 0 aromatic heterocycles. The molecule has 0 rings (SSSR count). The second kappa shape index (κ2) is 31.3. The van der Waals surface area contributed by atoms with Gasteiger partial charge in [0, 0.05) is 13.1 Å². The largest absolute Gasteiger partial charge is 0.394 e. The molecule has 0 aliphatic rings. The van der Waals surface area contributed by atoms with Gasteiger partial charge in [-0.05, 0) is 12.8 Å². The molecule has 3 N–H and O–H groups in total. The molecule has 2 unspecified atom stereocenters. The van der Waals surface area contributed by atoms with Gasteiger partial charge in [-0.15, -0.1) is 0 Å². The van der Waals surface area contributed by atoms with Crippen LogP contribution in [0, 0.1) is 0 Å². The minimum absolute atomic E-state index is 0.100. The quantitative estimate of drug-likeness (QED) is 0.0706. The van der Waals surface area contributed by atoms with Gasteiger partial charge in [0.2, 0.25) is 0 Å². The Hall–Kier alpha value is -0.650. The lowest BCUT2D eigenvalue weighted by atomic mass is 10.0. The van der Waals surface area contributed by atoms with Crippen LogP contribution in [0.25, 0.3) is 0 Å². The van der Waals surface area contributed by atoms with E-state index in [0.717, 1.165) is 25.7 Å². The van der Waals surface area contributed by atoms with Gasteiger partial charge < -0.3 is 20.2 Å². The van der Waals surface area contributed by atoms with Crippen LogP contribution in [0.4, 0.5) is 0 Å². The number of aliphatic hydroxyl groups is 3. The molecule has 0 heterocycles. The predicted octanol–water partition coefficient (Wildman–Crippen LogP) is 9.10. The Morgan fingerprint density at radius 1 is 0.525 bits per heavy atom. The SMILES string of the molecule is CCCCCCCCCCCCCCCCN(CC(O)CO)C(=O)C(O)CCCCCCCCCCCCCC. The summed E-state index contributed by atoms with van der Waals surface area (Å²) in [4.78, 5) is 14.5. The molecule has 2 atom stereocenters. The highest BCUT2D eigenvalue weighted by Gasteiger charge is 2.23. The van der Waals surface area contributed by atoms with Crippen LogP contribution in [0.1, 0.15) is 187 Å². The third-order valence-electron chi connectivity index (χ3n) is 8.35. The first kappa shape index (κ1) is 39.4. The van der Waals surface area contributed by atoms with Crippen LogP contribution < -0.4 is 0 Å². The Bertz CT molecular complexity index is 516. The predicted molar refractivity (Wildman–Crippen MR) is 172 cm³/mol. The summed E-state index contributed by atoms with van der Waals surface area (Å²) in [6.45, 7) is 4.81. The summed E-state index contributed by atoms with van der Waals surface area (Å²) >= 11 is 0. The van der Waals surface area contributed by atoms with Crippen LogP contribution in [0.2, 0.25) is 0 Å². The Morgan fingerprint density at radius 3 is 1.20 bits per heavy atom. The second-order valence-corrected chi connectivity index (χ2v) is 12.4. The van der Waals surface area contributed by atoms with E-state index in [-0.39, 0.29) is 19.1 Å². The van der Waals surface area contributed by atoms with Crippen molar-refractivity contribution in [3.63, 3.8) is 0 Å². The highest BCUT2D eigenvalue weighted by molar-refractivity contribution is 5.80. The molecular weight excluding hydrogens is 498 g/mol. The molecule has 240 valence electrons. The molecule has 0 spiro atoms. The van der Waals surface area contributed by atoms with E-state index in [1.165, 1.54) is 141 Å². The molecule has 0 aromatic rings. The number of rotatable bonds is 32. The van der Waals surface area contributed by atoms with E-state index < -0.39 is 12.2 Å². The third-order valence-corrected chi connectivity index (χ3v) is 8.35. The molecule has 0 radical (unpaired) electrons. The molecule has 0 aliphatic carbocycles. The Labute approximate surface area is 249 Å². The van der Waals surface area contributed by atoms with Crippen molar-refractivity contribution in [1.82, 2.24) is 4.90 Å². The summed E-state index contributed by atoms with van der Waals surface area (Å²) in [5.41, 5.74) is 0. The van der Waals surface area contributed by atoms with Gasteiger partial charge in [-0.25, -0.2) is 0 Å². The summed E-state index contributed by atoms with van der Waals surface area (Å²) in [5.74, 6) is -0.287. The number of hydrogen-bond acceptors (Lipinski definition) is 4. The summed E-state index contributed by atoms with van der Waals surface area (Å²) in [6.07, 6.45) is 31.6. The van der Waals surface area contributed by atoms with Gasteiger partial charge in [0.05, 0.1) is 12.7 Å². The lowest BCUT2D eigenvalue weighted by Crippen LogP contribution is -2.44. The number of aliphatic hydroxyl groups excluding tert-OH is 3. The molecule has 0 saturated heterocycles. The van der Waals surface area contributed by atoms with Gasteiger partial charge in [0.1, 0.15) is 6.10 Å². The van der Waals surface area contributed by atoms with E-state index in [1.54, 1.807) is 4.90 Å². The number of carbonyl (C=O) groups excluding carboxylic acids is 1. The van der Waals surface area contributed by atoms with Crippen LogP contribution in [0.15, 0.2) is 0 Å². The Balaban J connectivity index is 3.90. The van der Waals surface area contributed by atoms with E-state index in [1.807, 2.05) is 0 Å². The van der Waals surface area contributed by atoms with Crippen molar-refractivity contribution >= 4 is 5.91 Å². The van der Waals surface area contributed by atoms with Crippen LogP contribution in [0.5, 0.6) is 0 Å². The Kier molecular flexibility index (Phi) is 30.8. The monoisotopic (exact) mass is 570 g/mol. The van der Waals surface area contributed by atoms with Crippen LogP contribution >= 0.6 is 0 Å². The van der Waals surface area contributed by atoms with Crippen molar-refractivity contribution in [2.24, 2.45) is 0 Å². The van der Waals surface area contributed by atoms with Gasteiger partial charge in [0.15, 0.2) is 0 Å². The van der Waals surface area contributed by atoms with E-state index in [0.29, 0.717) is 13.0 Å². The number of hydrogen-bond donors (Lipinski definition) is 3. The number of nitrogens with zero attached hydrogens (tertiary/aromatic N) is 1. The summed E-state index contributed by atoms with van der Waals surface area (Å²) in [5, 5.41) is 29.7. The third kappa shape index (κ3) is 26.3. The molecule has 0 fully saturated rings. The molecule has 1 amide bonds. The molecule has 40 heavy (non-hydrogen) atoms. The van der Waals surface area contributed by atoms with E-state index in [4.69, 9.17) is 0 Å². The fraction of sp³-hybridized carbons (Fsp3) is 0.971. The van der Waals surface area contributed by atoms with E-state index in [9.17, 15) is 20.1 Å². The topological polar surface area (TPSA) is 81.0 Å². The second-order valence-electron chi connectivity index (χ2n) is 12.4. The van der Waals surface area contributed by atoms with Crippen molar-refractivity contribution in [3.05, 3.63) is 0 Å². The van der Waals surface area contributed by atoms with Gasteiger partial charge in [-0.3, -0.25) is 4.79 Å². The highest BCUT2D eigenvalue weighted by Crippen LogP contribution is 2.15. The zero-order valence-electron chi connectivity index (χ0n) is 27.1. The zero-order chi connectivity index (χ0) is 29.5. The van der Waals surface area contributed by atoms with Crippen molar-refractivity contribution < 1.29 is 20.1 Å². The Morgan fingerprint density at radius 2 is 0.850 bits per heavy atom. The first-order chi connectivity index (χ1) is 19.6. The van der Waals surface area contributed by atoms with E-state index >= 15 is 0 Å². The standard InChI is InChI=1S/C35H71NO4/c1-3-5-7-9-11-13-15-17-18-20-22-24-26-28-30-36(31-33(38)32-37)35(40)34(39)29-27-25-23-21-19-16-14-12-10-8-6-4-2/h33-34,37-39H,3-32H2,1-2H3. The van der Waals surface area contributed by atoms with Crippen LogP contribution in [-0.4, -0.2) is 58.0 Å². The van der Waals surface area contributed by atoms with Crippen molar-refractivity contribution in [2.75, 3.05) is 19.7 Å². The lowest BCUT2D eigenvalue weighted by molar-refractivity contribution is -0.142. The summed E-state index contributed by atoms with van der Waals surface area (Å²) < 4.78 is 0. The summed E-state index contributed by atoms with van der Waals surface area (Å²) in [7, 11) is 0. The molecule has 5 nitrogen and oxygen atoms in total. The highest BCUT2D eigenvalue weighted by atomic mass is 16.3. The minimum Gasteiger partial charge on any atom is -0.394 e. The van der Waals surface area contributed by atoms with Crippen molar-refractivity contribution in [3.8, 4) is 0 Å². The fourth-order valence-electron chi connectivity index (χ4n) is 5.61. The van der Waals surface area contributed by atoms with E-state index in [2.05, 4.69) is 13.8 Å². The van der Waals surface area contributed by atoms with Gasteiger partial charge >= 0.3 is 0 Å². The lowest BCUT2D eigenvalue weighted by Gasteiger charge is -2.27. The molecule has 5 heteroatoms. The molecule has 0 bridgehead atoms. The number of amides is 1. The molecule has 0 aromatic carbocycles. The fourth-order valence-corrected chi connectivity index (χ4v) is 5.61. The maximum atomic E-state index is 12.9. The van der Waals surface area contributed by atoms with Crippen LogP contribution in [-0.2, 0) is 4.79 Å². The van der Waals surface area contributed by atoms with Gasteiger partial charge in [0.25, 0.3) is 5.91 Å². The maximum Gasteiger partial charge on any atom is 0.251 e. The van der Waals surface area contributed by atoms with Crippen molar-refractivity contribution in [1.29, 1.82) is 0 Å². The molecule has 0 saturated carbocycles. The zero-order valence-corrected chi connectivity index (χ0v) is 27.1. The number of unbranched alkanes of at least 4 members (excludes halogenated alkanes) is 24. The number of carbonyl (C=O) groups is 1. The maximum absolute atomic E-state index is 12.9. The average Bonchev–Trinajstić information content (AvgIpc) is 2.96. The first-order valence-electron chi connectivity index (χ1n) is 17.8. The smallest absolute Gasteiger partial charge is 0.251 e. The minimum atomic E-state index is -0.999. The van der Waals surface area contributed by atoms with Gasteiger partial charge in [-0.1, -0.05) is 174 Å². The van der Waals surface area contributed by atoms with Crippen molar-refractivity contribution in [2.45, 2.75) is 199 Å². The van der Waals surface area contributed by atoms with Crippen LogP contribution in [0.3, 0.4) is 0 Å². The molecular formula is C35H71NO4. The molecule has 0 aliphatic heterocycles.